The average Bonchev–Trinajstić information content (AvgIpc) is 2.45. The third-order valence-electron chi connectivity index (χ3n) is 3.06. The second kappa shape index (κ2) is 8.43. The van der Waals surface area contributed by atoms with Gasteiger partial charge < -0.3 is 20.5 Å². The van der Waals surface area contributed by atoms with Gasteiger partial charge in [0.15, 0.2) is 18.1 Å². The van der Waals surface area contributed by atoms with Crippen LogP contribution in [0, 0.1) is 0 Å². The van der Waals surface area contributed by atoms with Gasteiger partial charge in [-0.25, -0.2) is 0 Å². The van der Waals surface area contributed by atoms with E-state index in [4.69, 9.17) is 15.2 Å². The molecule has 0 heterocycles. The van der Waals surface area contributed by atoms with Gasteiger partial charge in [0.1, 0.15) is 0 Å². The van der Waals surface area contributed by atoms with Crippen molar-refractivity contribution in [2.45, 2.75) is 32.7 Å². The Morgan fingerprint density at radius 1 is 1.45 bits per heavy atom. The van der Waals surface area contributed by atoms with Crippen molar-refractivity contribution >= 4 is 5.91 Å². The molecule has 112 valence electrons. The van der Waals surface area contributed by atoms with Crippen molar-refractivity contribution < 1.29 is 14.3 Å². The first-order valence-electron chi connectivity index (χ1n) is 6.90. The minimum absolute atomic E-state index is 0.0255. The molecule has 3 N–H and O–H groups in total. The molecule has 5 nitrogen and oxygen atoms in total. The molecule has 0 bridgehead atoms. The largest absolute Gasteiger partial charge is 0.493 e. The van der Waals surface area contributed by atoms with Crippen LogP contribution >= 0.6 is 0 Å². The molecule has 0 aliphatic rings. The molecule has 1 atom stereocenters. The summed E-state index contributed by atoms with van der Waals surface area (Å²) in [4.78, 5) is 11.8. The van der Waals surface area contributed by atoms with Crippen LogP contribution in [0.3, 0.4) is 0 Å². The lowest BCUT2D eigenvalue weighted by Gasteiger charge is -2.16. The molecule has 0 saturated heterocycles. The highest BCUT2D eigenvalue weighted by Crippen LogP contribution is 2.31. The Bertz CT molecular complexity index is 435. The molecule has 1 aromatic rings. The van der Waals surface area contributed by atoms with Crippen LogP contribution in [0.25, 0.3) is 0 Å². The van der Waals surface area contributed by atoms with E-state index in [0.29, 0.717) is 24.5 Å². The molecule has 0 aliphatic heterocycles. The van der Waals surface area contributed by atoms with Gasteiger partial charge in [-0.1, -0.05) is 19.1 Å². The molecule has 5 heteroatoms. The summed E-state index contributed by atoms with van der Waals surface area (Å²) in [6.07, 6.45) is 1.57. The quantitative estimate of drug-likeness (QED) is 0.756. The Kier molecular flexibility index (Phi) is 6.87. The SMILES string of the molecule is CCC(C)NC(=O)COc1c(CCN)cccc1OC. The van der Waals surface area contributed by atoms with Crippen molar-refractivity contribution in [2.75, 3.05) is 20.3 Å². The van der Waals surface area contributed by atoms with Crippen molar-refractivity contribution in [3.8, 4) is 11.5 Å². The summed E-state index contributed by atoms with van der Waals surface area (Å²) in [6.45, 7) is 4.47. The number of rotatable bonds is 8. The average molecular weight is 280 g/mol. The monoisotopic (exact) mass is 280 g/mol. The Morgan fingerprint density at radius 2 is 2.20 bits per heavy atom. The number of nitrogens with two attached hydrogens (primary N) is 1. The van der Waals surface area contributed by atoms with Gasteiger partial charge in [-0.05, 0) is 37.9 Å². The molecule has 0 fully saturated rings. The second-order valence-electron chi connectivity index (χ2n) is 4.65. The summed E-state index contributed by atoms with van der Waals surface area (Å²) in [5, 5.41) is 2.86. The molecule has 1 unspecified atom stereocenters. The molecular formula is C15H24N2O3. The number of methoxy groups -OCH3 is 1. The van der Waals surface area contributed by atoms with Crippen molar-refractivity contribution in [1.29, 1.82) is 0 Å². The summed E-state index contributed by atoms with van der Waals surface area (Å²) in [7, 11) is 1.58. The highest BCUT2D eigenvalue weighted by Gasteiger charge is 2.13. The number of carbonyl (C=O) groups is 1. The fourth-order valence-corrected chi connectivity index (χ4v) is 1.79. The normalized spacial score (nSPS) is 11.8. The Hall–Kier alpha value is -1.75. The summed E-state index contributed by atoms with van der Waals surface area (Å²) in [5.74, 6) is 1.08. The van der Waals surface area contributed by atoms with Gasteiger partial charge in [-0.3, -0.25) is 4.79 Å². The number of carbonyl (C=O) groups excluding carboxylic acids is 1. The van der Waals surface area contributed by atoms with Crippen LogP contribution < -0.4 is 20.5 Å². The van der Waals surface area contributed by atoms with E-state index in [1.54, 1.807) is 7.11 Å². The summed E-state index contributed by atoms with van der Waals surface area (Å²) < 4.78 is 10.9. The van der Waals surface area contributed by atoms with Gasteiger partial charge in [0.2, 0.25) is 0 Å². The maximum atomic E-state index is 11.8. The van der Waals surface area contributed by atoms with E-state index >= 15 is 0 Å². The van der Waals surface area contributed by atoms with E-state index in [9.17, 15) is 4.79 Å². The van der Waals surface area contributed by atoms with Gasteiger partial charge in [-0.15, -0.1) is 0 Å². The predicted octanol–water partition coefficient (Wildman–Crippen LogP) is 1.49. The minimum Gasteiger partial charge on any atom is -0.493 e. The smallest absolute Gasteiger partial charge is 0.258 e. The maximum absolute atomic E-state index is 11.8. The first kappa shape index (κ1) is 16.3. The molecule has 0 spiro atoms. The fraction of sp³-hybridized carbons (Fsp3) is 0.533. The summed E-state index contributed by atoms with van der Waals surface area (Å²) >= 11 is 0. The molecule has 0 aliphatic carbocycles. The van der Waals surface area contributed by atoms with Crippen LogP contribution in [-0.2, 0) is 11.2 Å². The fourth-order valence-electron chi connectivity index (χ4n) is 1.79. The van der Waals surface area contributed by atoms with Crippen molar-refractivity contribution in [3.05, 3.63) is 23.8 Å². The van der Waals surface area contributed by atoms with Gasteiger partial charge in [0.05, 0.1) is 7.11 Å². The number of benzene rings is 1. The van der Waals surface area contributed by atoms with Crippen molar-refractivity contribution in [2.24, 2.45) is 5.73 Å². The zero-order valence-electron chi connectivity index (χ0n) is 12.4. The van der Waals surface area contributed by atoms with Crippen LogP contribution in [0.15, 0.2) is 18.2 Å². The molecule has 1 amide bonds. The van der Waals surface area contributed by atoms with E-state index in [0.717, 1.165) is 12.0 Å². The van der Waals surface area contributed by atoms with Crippen molar-refractivity contribution in [1.82, 2.24) is 5.32 Å². The number of nitrogens with one attached hydrogen (secondary N) is 1. The van der Waals surface area contributed by atoms with Crippen molar-refractivity contribution in [3.63, 3.8) is 0 Å². The third kappa shape index (κ3) is 4.74. The van der Waals surface area contributed by atoms with Crippen LogP contribution in [0.4, 0.5) is 0 Å². The summed E-state index contributed by atoms with van der Waals surface area (Å²) in [5.41, 5.74) is 6.53. The Balaban J connectivity index is 2.72. The number of hydrogen-bond donors (Lipinski definition) is 2. The Morgan fingerprint density at radius 3 is 2.80 bits per heavy atom. The lowest BCUT2D eigenvalue weighted by atomic mass is 10.1. The van der Waals surface area contributed by atoms with E-state index < -0.39 is 0 Å². The highest BCUT2D eigenvalue weighted by atomic mass is 16.5. The molecule has 0 aromatic heterocycles. The van der Waals surface area contributed by atoms with Gasteiger partial charge in [-0.2, -0.15) is 0 Å². The zero-order chi connectivity index (χ0) is 15.0. The third-order valence-corrected chi connectivity index (χ3v) is 3.06. The first-order chi connectivity index (χ1) is 9.62. The molecule has 0 saturated carbocycles. The zero-order valence-corrected chi connectivity index (χ0v) is 12.4. The van der Waals surface area contributed by atoms with E-state index in [1.165, 1.54) is 0 Å². The Labute approximate surface area is 120 Å². The summed E-state index contributed by atoms with van der Waals surface area (Å²) in [6, 6.07) is 5.77. The molecule has 20 heavy (non-hydrogen) atoms. The van der Waals surface area contributed by atoms with Gasteiger partial charge in [0, 0.05) is 6.04 Å². The van der Waals surface area contributed by atoms with Crippen LogP contribution in [0.1, 0.15) is 25.8 Å². The molecular weight excluding hydrogens is 256 g/mol. The van der Waals surface area contributed by atoms with Crippen LogP contribution in [-0.4, -0.2) is 32.2 Å². The number of amides is 1. The number of ether oxygens (including phenoxy) is 2. The van der Waals surface area contributed by atoms with E-state index in [-0.39, 0.29) is 18.6 Å². The number of hydrogen-bond acceptors (Lipinski definition) is 4. The molecule has 1 rings (SSSR count). The molecule has 1 aromatic carbocycles. The first-order valence-corrected chi connectivity index (χ1v) is 6.90. The van der Waals surface area contributed by atoms with Gasteiger partial charge in [0.25, 0.3) is 5.91 Å². The topological polar surface area (TPSA) is 73.6 Å². The van der Waals surface area contributed by atoms with E-state index in [2.05, 4.69) is 5.32 Å². The predicted molar refractivity (Wildman–Crippen MR) is 79.1 cm³/mol. The van der Waals surface area contributed by atoms with Crippen LogP contribution in [0.5, 0.6) is 11.5 Å². The van der Waals surface area contributed by atoms with Crippen LogP contribution in [0.2, 0.25) is 0 Å². The second-order valence-corrected chi connectivity index (χ2v) is 4.65. The van der Waals surface area contributed by atoms with E-state index in [1.807, 2.05) is 32.0 Å². The lowest BCUT2D eigenvalue weighted by Crippen LogP contribution is -2.35. The maximum Gasteiger partial charge on any atom is 0.258 e. The lowest BCUT2D eigenvalue weighted by molar-refractivity contribution is -0.123. The minimum atomic E-state index is -0.135. The standard InChI is InChI=1S/C15H24N2O3/c1-4-11(2)17-14(18)10-20-15-12(8-9-16)6-5-7-13(15)19-3/h5-7,11H,4,8-10,16H2,1-3H3,(H,17,18). The molecule has 0 radical (unpaired) electrons. The highest BCUT2D eigenvalue weighted by molar-refractivity contribution is 5.78. The number of para-hydroxylation sites is 1. The van der Waals surface area contributed by atoms with Gasteiger partial charge >= 0.3 is 0 Å².